The van der Waals surface area contributed by atoms with E-state index in [-0.39, 0.29) is 5.91 Å². The highest BCUT2D eigenvalue weighted by Gasteiger charge is 2.07. The maximum absolute atomic E-state index is 12.2. The van der Waals surface area contributed by atoms with Crippen LogP contribution in [0, 0.1) is 6.92 Å². The summed E-state index contributed by atoms with van der Waals surface area (Å²) < 4.78 is 0. The van der Waals surface area contributed by atoms with Crippen molar-refractivity contribution in [2.75, 3.05) is 5.32 Å². The third-order valence-corrected chi connectivity index (χ3v) is 4.19. The van der Waals surface area contributed by atoms with E-state index in [1.807, 2.05) is 24.4 Å². The highest BCUT2D eigenvalue weighted by molar-refractivity contribution is 7.09. The summed E-state index contributed by atoms with van der Waals surface area (Å²) in [4.78, 5) is 16.6. The molecule has 2 aromatic carbocycles. The summed E-state index contributed by atoms with van der Waals surface area (Å²) in [5.74, 6) is -0.150. The van der Waals surface area contributed by atoms with Crippen molar-refractivity contribution >= 4 is 34.5 Å². The molecule has 0 aliphatic rings. The number of carbonyl (C=O) groups excluding carboxylic acids is 1. The van der Waals surface area contributed by atoms with Crippen LogP contribution in [0.4, 0.5) is 5.69 Å². The highest BCUT2D eigenvalue weighted by atomic mass is 35.5. The van der Waals surface area contributed by atoms with Crippen LogP contribution in [0.2, 0.25) is 5.02 Å². The normalized spacial score (nSPS) is 10.5. The van der Waals surface area contributed by atoms with Gasteiger partial charge in [-0.2, -0.15) is 0 Å². The zero-order valence-electron chi connectivity index (χ0n) is 11.8. The van der Waals surface area contributed by atoms with Gasteiger partial charge in [-0.15, -0.1) is 11.3 Å². The molecule has 1 N–H and O–H groups in total. The Morgan fingerprint density at radius 1 is 1.09 bits per heavy atom. The Kier molecular flexibility index (Phi) is 4.22. The minimum Gasteiger partial charge on any atom is -0.322 e. The summed E-state index contributed by atoms with van der Waals surface area (Å²) in [5.41, 5.74) is 3.26. The molecule has 3 nitrogen and oxygen atoms in total. The Morgan fingerprint density at radius 2 is 1.77 bits per heavy atom. The summed E-state index contributed by atoms with van der Waals surface area (Å²) >= 11 is 7.44. The van der Waals surface area contributed by atoms with Crippen LogP contribution < -0.4 is 5.32 Å². The predicted molar refractivity (Wildman–Crippen MR) is 91.7 cm³/mol. The fourth-order valence-corrected chi connectivity index (χ4v) is 2.77. The second kappa shape index (κ2) is 6.30. The lowest BCUT2D eigenvalue weighted by Crippen LogP contribution is -2.11. The number of anilines is 1. The molecule has 0 atom stereocenters. The van der Waals surface area contributed by atoms with Crippen molar-refractivity contribution in [1.82, 2.24) is 4.98 Å². The maximum atomic E-state index is 12.2. The van der Waals surface area contributed by atoms with Gasteiger partial charge in [-0.05, 0) is 43.3 Å². The number of benzene rings is 2. The quantitative estimate of drug-likeness (QED) is 0.733. The number of rotatable bonds is 3. The summed E-state index contributed by atoms with van der Waals surface area (Å²) in [5, 5.41) is 6.52. The topological polar surface area (TPSA) is 42.0 Å². The Hall–Kier alpha value is -2.17. The van der Waals surface area contributed by atoms with E-state index >= 15 is 0 Å². The van der Waals surface area contributed by atoms with E-state index in [1.54, 1.807) is 47.7 Å². The van der Waals surface area contributed by atoms with Gasteiger partial charge in [-0.1, -0.05) is 23.7 Å². The van der Waals surface area contributed by atoms with E-state index in [4.69, 9.17) is 11.6 Å². The predicted octanol–water partition coefficient (Wildman–Crippen LogP) is 5.02. The minimum atomic E-state index is -0.150. The number of carbonyl (C=O) groups is 1. The highest BCUT2D eigenvalue weighted by Crippen LogP contribution is 2.22. The van der Waals surface area contributed by atoms with Crippen LogP contribution >= 0.6 is 22.9 Å². The van der Waals surface area contributed by atoms with Gasteiger partial charge in [0, 0.05) is 27.2 Å². The molecule has 5 heteroatoms. The third-order valence-electron chi connectivity index (χ3n) is 3.16. The van der Waals surface area contributed by atoms with Crippen LogP contribution in [0.3, 0.4) is 0 Å². The molecule has 3 aromatic rings. The first kappa shape index (κ1) is 14.8. The molecule has 0 aliphatic carbocycles. The number of nitrogens with zero attached hydrogens (tertiary/aromatic N) is 1. The van der Waals surface area contributed by atoms with Crippen LogP contribution in [0.1, 0.15) is 15.4 Å². The molecule has 0 saturated heterocycles. The van der Waals surface area contributed by atoms with Gasteiger partial charge in [-0.3, -0.25) is 4.79 Å². The van der Waals surface area contributed by atoms with E-state index in [1.165, 1.54) is 0 Å². The molecule has 0 bridgehead atoms. The molecule has 0 fully saturated rings. The zero-order valence-corrected chi connectivity index (χ0v) is 13.4. The lowest BCUT2D eigenvalue weighted by Gasteiger charge is -2.06. The van der Waals surface area contributed by atoms with Crippen LogP contribution in [0.5, 0.6) is 0 Å². The molecular weight excluding hydrogens is 316 g/mol. The van der Waals surface area contributed by atoms with Gasteiger partial charge in [0.05, 0.1) is 10.7 Å². The van der Waals surface area contributed by atoms with Crippen LogP contribution in [-0.2, 0) is 0 Å². The van der Waals surface area contributed by atoms with Gasteiger partial charge in [0.15, 0.2) is 0 Å². The molecule has 1 heterocycles. The number of thiazole rings is 1. The van der Waals surface area contributed by atoms with E-state index in [0.717, 1.165) is 16.3 Å². The minimum absolute atomic E-state index is 0.150. The fourth-order valence-electron chi connectivity index (χ4n) is 2.02. The van der Waals surface area contributed by atoms with Gasteiger partial charge in [0.25, 0.3) is 5.91 Å². The van der Waals surface area contributed by atoms with Crippen molar-refractivity contribution in [3.05, 3.63) is 69.5 Å². The van der Waals surface area contributed by atoms with Gasteiger partial charge in [-0.25, -0.2) is 4.98 Å². The van der Waals surface area contributed by atoms with Crippen LogP contribution in [-0.4, -0.2) is 10.9 Å². The summed E-state index contributed by atoms with van der Waals surface area (Å²) in [6.45, 7) is 1.97. The zero-order chi connectivity index (χ0) is 15.5. The van der Waals surface area contributed by atoms with Crippen molar-refractivity contribution in [3.8, 4) is 11.3 Å². The van der Waals surface area contributed by atoms with Crippen molar-refractivity contribution in [3.63, 3.8) is 0 Å². The Balaban J connectivity index is 1.74. The van der Waals surface area contributed by atoms with Gasteiger partial charge in [0.2, 0.25) is 0 Å². The first-order valence-electron chi connectivity index (χ1n) is 6.71. The van der Waals surface area contributed by atoms with E-state index in [9.17, 15) is 4.79 Å². The maximum Gasteiger partial charge on any atom is 0.255 e. The molecule has 22 heavy (non-hydrogen) atoms. The fraction of sp³-hybridized carbons (Fsp3) is 0.0588. The van der Waals surface area contributed by atoms with E-state index in [2.05, 4.69) is 10.3 Å². The van der Waals surface area contributed by atoms with Crippen LogP contribution in [0.15, 0.2) is 53.9 Å². The molecular formula is C17H13ClN2OS. The molecule has 0 unspecified atom stereocenters. The average molecular weight is 329 g/mol. The van der Waals surface area contributed by atoms with Gasteiger partial charge in [0.1, 0.15) is 0 Å². The Bertz CT molecular complexity index is 794. The molecule has 0 saturated carbocycles. The first-order chi connectivity index (χ1) is 10.6. The lowest BCUT2D eigenvalue weighted by molar-refractivity contribution is 0.102. The first-order valence-corrected chi connectivity index (χ1v) is 7.97. The number of aromatic nitrogens is 1. The third kappa shape index (κ3) is 3.35. The molecule has 3 rings (SSSR count). The molecule has 110 valence electrons. The Labute approximate surface area is 137 Å². The standard InChI is InChI=1S/C17H13ClN2OS/c1-11-19-16(10-22-11)12-2-4-13(5-3-12)17(21)20-15-8-6-14(18)7-9-15/h2-10H,1H3,(H,20,21). The summed E-state index contributed by atoms with van der Waals surface area (Å²) in [6.07, 6.45) is 0. The molecule has 0 spiro atoms. The monoisotopic (exact) mass is 328 g/mol. The number of halogens is 1. The molecule has 0 aliphatic heterocycles. The van der Waals surface area contributed by atoms with Crippen molar-refractivity contribution < 1.29 is 4.79 Å². The number of hydrogen-bond donors (Lipinski definition) is 1. The number of nitrogens with one attached hydrogen (secondary N) is 1. The summed E-state index contributed by atoms with van der Waals surface area (Å²) in [6, 6.07) is 14.4. The number of hydrogen-bond acceptors (Lipinski definition) is 3. The molecule has 1 amide bonds. The largest absolute Gasteiger partial charge is 0.322 e. The van der Waals surface area contributed by atoms with Gasteiger partial charge < -0.3 is 5.32 Å². The summed E-state index contributed by atoms with van der Waals surface area (Å²) in [7, 11) is 0. The Morgan fingerprint density at radius 3 is 2.36 bits per heavy atom. The number of aryl methyl sites for hydroxylation is 1. The average Bonchev–Trinajstić information content (AvgIpc) is 2.96. The molecule has 1 aromatic heterocycles. The van der Waals surface area contributed by atoms with E-state index < -0.39 is 0 Å². The van der Waals surface area contributed by atoms with Crippen LogP contribution in [0.25, 0.3) is 11.3 Å². The smallest absolute Gasteiger partial charge is 0.255 e. The van der Waals surface area contributed by atoms with Crippen molar-refractivity contribution in [2.45, 2.75) is 6.92 Å². The van der Waals surface area contributed by atoms with Crippen molar-refractivity contribution in [1.29, 1.82) is 0 Å². The lowest BCUT2D eigenvalue weighted by atomic mass is 10.1. The van der Waals surface area contributed by atoms with Gasteiger partial charge >= 0.3 is 0 Å². The molecule has 0 radical (unpaired) electrons. The SMILES string of the molecule is Cc1nc(-c2ccc(C(=O)Nc3ccc(Cl)cc3)cc2)cs1. The second-order valence-electron chi connectivity index (χ2n) is 4.79. The second-order valence-corrected chi connectivity index (χ2v) is 6.29. The van der Waals surface area contributed by atoms with E-state index in [0.29, 0.717) is 16.3 Å². The number of amides is 1. The van der Waals surface area contributed by atoms with Crippen molar-refractivity contribution in [2.24, 2.45) is 0 Å².